The summed E-state index contributed by atoms with van der Waals surface area (Å²) in [5.41, 5.74) is 1.43. The SMILES string of the molecule is CCc1ccc(C(C(=O)Nc2ccc(OC)cc2)N(CCO)C(=O)C(NC(=O)OC(C)(C)C)C(C)C)cc1. The number of anilines is 1. The molecule has 0 aromatic heterocycles. The van der Waals surface area contributed by atoms with E-state index in [0.717, 1.165) is 12.0 Å². The summed E-state index contributed by atoms with van der Waals surface area (Å²) in [7, 11) is 1.55. The number of ether oxygens (including phenoxy) is 2. The van der Waals surface area contributed by atoms with Crippen molar-refractivity contribution >= 4 is 23.6 Å². The first kappa shape index (κ1) is 30.6. The fourth-order valence-electron chi connectivity index (χ4n) is 3.89. The highest BCUT2D eigenvalue weighted by atomic mass is 16.6. The Morgan fingerprint density at radius 1 is 1.00 bits per heavy atom. The van der Waals surface area contributed by atoms with E-state index in [1.54, 1.807) is 78.1 Å². The molecule has 2 atom stereocenters. The van der Waals surface area contributed by atoms with Crippen molar-refractivity contribution in [2.45, 2.75) is 65.6 Å². The Morgan fingerprint density at radius 2 is 1.61 bits per heavy atom. The molecule has 0 heterocycles. The second kappa shape index (κ2) is 13.8. The Kier molecular flexibility index (Phi) is 11.1. The second-order valence-electron chi connectivity index (χ2n) is 10.3. The molecule has 3 amide bonds. The fourth-order valence-corrected chi connectivity index (χ4v) is 3.89. The molecule has 0 saturated carbocycles. The molecule has 9 heteroatoms. The maximum Gasteiger partial charge on any atom is 0.408 e. The molecular formula is C29H41N3O6. The number of methoxy groups -OCH3 is 1. The van der Waals surface area contributed by atoms with E-state index < -0.39 is 35.6 Å². The molecule has 0 aliphatic rings. The molecule has 3 N–H and O–H groups in total. The molecule has 0 radical (unpaired) electrons. The number of carbonyl (C=O) groups excluding carboxylic acids is 3. The first-order chi connectivity index (χ1) is 17.9. The summed E-state index contributed by atoms with van der Waals surface area (Å²) in [6.07, 6.45) is 0.0809. The number of nitrogens with zero attached hydrogens (tertiary/aromatic N) is 1. The Labute approximate surface area is 225 Å². The van der Waals surface area contributed by atoms with Crippen LogP contribution in [0.4, 0.5) is 10.5 Å². The lowest BCUT2D eigenvalue weighted by Crippen LogP contribution is -2.55. The molecule has 0 saturated heterocycles. The van der Waals surface area contributed by atoms with Gasteiger partial charge in [-0.15, -0.1) is 0 Å². The highest BCUT2D eigenvalue weighted by Gasteiger charge is 2.37. The minimum Gasteiger partial charge on any atom is -0.497 e. The third-order valence-corrected chi connectivity index (χ3v) is 5.85. The van der Waals surface area contributed by atoms with Crippen molar-refractivity contribution in [3.05, 3.63) is 59.7 Å². The van der Waals surface area contributed by atoms with Gasteiger partial charge < -0.3 is 30.1 Å². The number of hydrogen-bond donors (Lipinski definition) is 3. The smallest absolute Gasteiger partial charge is 0.408 e. The van der Waals surface area contributed by atoms with Crippen molar-refractivity contribution in [3.63, 3.8) is 0 Å². The quantitative estimate of drug-likeness (QED) is 0.401. The first-order valence-corrected chi connectivity index (χ1v) is 12.8. The van der Waals surface area contributed by atoms with E-state index in [4.69, 9.17) is 9.47 Å². The van der Waals surface area contributed by atoms with Gasteiger partial charge in [-0.1, -0.05) is 45.0 Å². The monoisotopic (exact) mass is 527 g/mol. The number of benzene rings is 2. The predicted molar refractivity (Wildman–Crippen MR) is 147 cm³/mol. The standard InChI is InChI=1S/C29H41N3O6/c1-8-20-9-11-21(12-10-20)25(26(34)30-22-13-15-23(37-7)16-14-22)32(17-18-33)27(35)24(19(2)3)31-28(36)38-29(4,5)6/h9-16,19,24-25,33H,8,17-18H2,1-7H3,(H,30,34)(H,31,36). The summed E-state index contributed by atoms with van der Waals surface area (Å²) in [4.78, 5) is 41.5. The van der Waals surface area contributed by atoms with Crippen LogP contribution in [0.2, 0.25) is 0 Å². The maximum atomic E-state index is 13.9. The molecule has 0 spiro atoms. The van der Waals surface area contributed by atoms with Crippen LogP contribution in [-0.2, 0) is 20.7 Å². The molecule has 0 aliphatic carbocycles. The molecule has 0 fully saturated rings. The largest absolute Gasteiger partial charge is 0.497 e. The van der Waals surface area contributed by atoms with Crippen LogP contribution in [-0.4, -0.2) is 59.8 Å². The highest BCUT2D eigenvalue weighted by Crippen LogP contribution is 2.26. The molecule has 0 aliphatic heterocycles. The zero-order valence-corrected chi connectivity index (χ0v) is 23.4. The van der Waals surface area contributed by atoms with Crippen molar-refractivity contribution in [2.24, 2.45) is 5.92 Å². The van der Waals surface area contributed by atoms with Crippen LogP contribution in [0.25, 0.3) is 0 Å². The average Bonchev–Trinajstić information content (AvgIpc) is 2.86. The minimum atomic E-state index is -1.07. The zero-order chi connectivity index (χ0) is 28.5. The molecule has 208 valence electrons. The van der Waals surface area contributed by atoms with Crippen LogP contribution in [0.3, 0.4) is 0 Å². The number of carbonyl (C=O) groups is 3. The number of aryl methyl sites for hydroxylation is 1. The number of rotatable bonds is 11. The van der Waals surface area contributed by atoms with Crippen LogP contribution in [0, 0.1) is 5.92 Å². The van der Waals surface area contributed by atoms with Gasteiger partial charge >= 0.3 is 6.09 Å². The maximum absolute atomic E-state index is 13.9. The van der Waals surface area contributed by atoms with E-state index in [2.05, 4.69) is 10.6 Å². The lowest BCUT2D eigenvalue weighted by molar-refractivity contribution is -0.142. The lowest BCUT2D eigenvalue weighted by atomic mass is 9.98. The number of amides is 3. The highest BCUT2D eigenvalue weighted by molar-refractivity contribution is 5.99. The fraction of sp³-hybridized carbons (Fsp3) is 0.483. The van der Waals surface area contributed by atoms with E-state index in [1.165, 1.54) is 4.90 Å². The molecule has 2 rings (SSSR count). The molecular weight excluding hydrogens is 486 g/mol. The topological polar surface area (TPSA) is 117 Å². The van der Waals surface area contributed by atoms with Crippen molar-refractivity contribution in [1.82, 2.24) is 10.2 Å². The summed E-state index contributed by atoms with van der Waals surface area (Å²) in [5.74, 6) is -0.640. The van der Waals surface area contributed by atoms with E-state index in [0.29, 0.717) is 17.0 Å². The molecule has 2 unspecified atom stereocenters. The van der Waals surface area contributed by atoms with E-state index in [1.807, 2.05) is 19.1 Å². The third kappa shape index (κ3) is 8.76. The molecule has 2 aromatic carbocycles. The first-order valence-electron chi connectivity index (χ1n) is 12.8. The third-order valence-electron chi connectivity index (χ3n) is 5.85. The minimum absolute atomic E-state index is 0.117. The Morgan fingerprint density at radius 3 is 2.08 bits per heavy atom. The number of aliphatic hydroxyl groups excluding tert-OH is 1. The summed E-state index contributed by atoms with van der Waals surface area (Å²) in [5, 5.41) is 15.4. The van der Waals surface area contributed by atoms with Gasteiger partial charge in [0, 0.05) is 12.2 Å². The number of nitrogens with one attached hydrogen (secondary N) is 2. The van der Waals surface area contributed by atoms with Crippen LogP contribution in [0.1, 0.15) is 58.7 Å². The van der Waals surface area contributed by atoms with Crippen LogP contribution < -0.4 is 15.4 Å². The summed E-state index contributed by atoms with van der Waals surface area (Å²) >= 11 is 0. The second-order valence-corrected chi connectivity index (χ2v) is 10.3. The van der Waals surface area contributed by atoms with Crippen LogP contribution in [0.15, 0.2) is 48.5 Å². The van der Waals surface area contributed by atoms with Crippen LogP contribution in [0.5, 0.6) is 5.75 Å². The Bertz CT molecular complexity index is 1060. The zero-order valence-electron chi connectivity index (χ0n) is 23.4. The van der Waals surface area contributed by atoms with Gasteiger partial charge in [-0.2, -0.15) is 0 Å². The van der Waals surface area contributed by atoms with Crippen molar-refractivity contribution < 1.29 is 29.0 Å². The van der Waals surface area contributed by atoms with E-state index >= 15 is 0 Å². The van der Waals surface area contributed by atoms with Gasteiger partial charge in [0.2, 0.25) is 5.91 Å². The van der Waals surface area contributed by atoms with Gasteiger partial charge in [-0.3, -0.25) is 9.59 Å². The van der Waals surface area contributed by atoms with Gasteiger partial charge in [0.1, 0.15) is 23.4 Å². The molecule has 38 heavy (non-hydrogen) atoms. The van der Waals surface area contributed by atoms with E-state index in [-0.39, 0.29) is 19.1 Å². The van der Waals surface area contributed by atoms with Gasteiger partial charge in [-0.05, 0) is 68.5 Å². The number of hydrogen-bond acceptors (Lipinski definition) is 6. The van der Waals surface area contributed by atoms with E-state index in [9.17, 15) is 19.5 Å². The van der Waals surface area contributed by atoms with Gasteiger partial charge in [0.15, 0.2) is 0 Å². The Hall–Kier alpha value is -3.59. The average molecular weight is 528 g/mol. The van der Waals surface area contributed by atoms with Crippen molar-refractivity contribution in [2.75, 3.05) is 25.6 Å². The lowest BCUT2D eigenvalue weighted by Gasteiger charge is -2.35. The summed E-state index contributed by atoms with van der Waals surface area (Å²) in [6.45, 7) is 10.3. The summed E-state index contributed by atoms with van der Waals surface area (Å²) in [6, 6.07) is 12.2. The number of alkyl carbamates (subject to hydrolysis) is 1. The molecule has 2 aromatic rings. The summed E-state index contributed by atoms with van der Waals surface area (Å²) < 4.78 is 10.6. The van der Waals surface area contributed by atoms with Gasteiger partial charge in [0.05, 0.1) is 13.7 Å². The van der Waals surface area contributed by atoms with Gasteiger partial charge in [-0.25, -0.2) is 4.79 Å². The predicted octanol–water partition coefficient (Wildman–Crippen LogP) is 4.31. The Balaban J connectivity index is 2.47. The normalized spacial score (nSPS) is 12.9. The molecule has 0 bridgehead atoms. The van der Waals surface area contributed by atoms with Crippen molar-refractivity contribution in [1.29, 1.82) is 0 Å². The van der Waals surface area contributed by atoms with Gasteiger partial charge in [0.25, 0.3) is 5.91 Å². The molecule has 9 nitrogen and oxygen atoms in total. The van der Waals surface area contributed by atoms with Crippen LogP contribution >= 0.6 is 0 Å². The number of aliphatic hydroxyl groups is 1. The van der Waals surface area contributed by atoms with Crippen molar-refractivity contribution in [3.8, 4) is 5.75 Å².